The number of ether oxygens (including phenoxy) is 1. The first-order valence-electron chi connectivity index (χ1n) is 9.40. The summed E-state index contributed by atoms with van der Waals surface area (Å²) in [6.45, 7) is 3.40. The van der Waals surface area contributed by atoms with Crippen molar-refractivity contribution in [1.82, 2.24) is 24.3 Å². The van der Waals surface area contributed by atoms with Gasteiger partial charge >= 0.3 is 0 Å². The van der Waals surface area contributed by atoms with E-state index in [2.05, 4.69) is 20.4 Å². The number of morpholine rings is 1. The Labute approximate surface area is 171 Å². The fraction of sp³-hybridized carbons (Fsp3) is 0.238. The Morgan fingerprint density at radius 2 is 2.07 bits per heavy atom. The molecule has 0 N–H and O–H groups in total. The summed E-state index contributed by atoms with van der Waals surface area (Å²) in [4.78, 5) is 27.8. The highest BCUT2D eigenvalue weighted by Crippen LogP contribution is 2.26. The standard InChI is InChI=1S/C21H19N5O2S/c1-14-23-17(13-29-14)21(27)25-9-10-28-19(12-25)16-11-26-18(3-2-4-20(26)24-16)15-5-7-22-8-6-15/h2-8,11,13,19H,9-10,12H2,1H3/t19-/m1/s1. The molecule has 1 saturated heterocycles. The van der Waals surface area contributed by atoms with Gasteiger partial charge in [-0.2, -0.15) is 0 Å². The van der Waals surface area contributed by atoms with Gasteiger partial charge in [0.05, 0.1) is 29.5 Å². The number of fused-ring (bicyclic) bond motifs is 1. The molecule has 146 valence electrons. The van der Waals surface area contributed by atoms with Crippen LogP contribution in [0.25, 0.3) is 16.9 Å². The molecule has 1 atom stereocenters. The number of hydrogen-bond donors (Lipinski definition) is 0. The number of carbonyl (C=O) groups excluding carboxylic acids is 1. The first-order chi connectivity index (χ1) is 14.2. The SMILES string of the molecule is Cc1nc(C(=O)N2CCO[C@@H](c3cn4c(-c5ccncc5)cccc4n3)C2)cs1. The Morgan fingerprint density at radius 3 is 2.86 bits per heavy atom. The van der Waals surface area contributed by atoms with Crippen LogP contribution in [0.2, 0.25) is 0 Å². The zero-order valence-corrected chi connectivity index (χ0v) is 16.7. The van der Waals surface area contributed by atoms with Crippen LogP contribution in [0.4, 0.5) is 0 Å². The fourth-order valence-electron chi connectivity index (χ4n) is 3.58. The van der Waals surface area contributed by atoms with Crippen LogP contribution in [0.5, 0.6) is 0 Å². The molecular weight excluding hydrogens is 386 g/mol. The Morgan fingerprint density at radius 1 is 1.21 bits per heavy atom. The van der Waals surface area contributed by atoms with Gasteiger partial charge in [-0.3, -0.25) is 14.2 Å². The molecule has 4 aromatic heterocycles. The van der Waals surface area contributed by atoms with Gasteiger partial charge in [0, 0.05) is 36.1 Å². The summed E-state index contributed by atoms with van der Waals surface area (Å²) in [6.07, 6.45) is 5.29. The van der Waals surface area contributed by atoms with Crippen LogP contribution in [0, 0.1) is 6.92 Å². The quantitative estimate of drug-likeness (QED) is 0.523. The van der Waals surface area contributed by atoms with Crippen LogP contribution in [0.1, 0.15) is 27.3 Å². The van der Waals surface area contributed by atoms with Gasteiger partial charge in [0.15, 0.2) is 0 Å². The average molecular weight is 405 g/mol. The van der Waals surface area contributed by atoms with Gasteiger partial charge < -0.3 is 9.64 Å². The number of nitrogens with zero attached hydrogens (tertiary/aromatic N) is 5. The average Bonchev–Trinajstić information content (AvgIpc) is 3.40. The van der Waals surface area contributed by atoms with Gasteiger partial charge in [0.1, 0.15) is 17.4 Å². The minimum Gasteiger partial charge on any atom is -0.368 e. The van der Waals surface area contributed by atoms with Crippen molar-refractivity contribution in [2.45, 2.75) is 13.0 Å². The van der Waals surface area contributed by atoms with Gasteiger partial charge in [0.25, 0.3) is 5.91 Å². The first-order valence-corrected chi connectivity index (χ1v) is 10.3. The molecule has 0 unspecified atom stereocenters. The van der Waals surface area contributed by atoms with E-state index in [9.17, 15) is 4.79 Å². The van der Waals surface area contributed by atoms with Crippen molar-refractivity contribution in [2.24, 2.45) is 0 Å². The maximum Gasteiger partial charge on any atom is 0.273 e. The van der Waals surface area contributed by atoms with Crippen LogP contribution in [-0.2, 0) is 4.74 Å². The lowest BCUT2D eigenvalue weighted by Crippen LogP contribution is -2.42. The Bertz CT molecular complexity index is 1170. The molecule has 5 heterocycles. The van der Waals surface area contributed by atoms with E-state index in [1.165, 1.54) is 11.3 Å². The minimum absolute atomic E-state index is 0.0520. The van der Waals surface area contributed by atoms with Crippen LogP contribution < -0.4 is 0 Å². The van der Waals surface area contributed by atoms with Crippen LogP contribution in [-0.4, -0.2) is 49.9 Å². The molecule has 1 amide bonds. The van der Waals surface area contributed by atoms with Crippen molar-refractivity contribution in [3.05, 3.63) is 70.7 Å². The highest BCUT2D eigenvalue weighted by Gasteiger charge is 2.29. The third-order valence-corrected chi connectivity index (χ3v) is 5.78. The number of pyridine rings is 2. The topological polar surface area (TPSA) is 72.6 Å². The van der Waals surface area contributed by atoms with E-state index >= 15 is 0 Å². The maximum absolute atomic E-state index is 12.8. The lowest BCUT2D eigenvalue weighted by molar-refractivity contribution is -0.0246. The second-order valence-electron chi connectivity index (χ2n) is 6.90. The van der Waals surface area contributed by atoms with Crippen LogP contribution in [0.3, 0.4) is 0 Å². The maximum atomic E-state index is 12.8. The number of hydrogen-bond acceptors (Lipinski definition) is 6. The lowest BCUT2D eigenvalue weighted by atomic mass is 10.2. The second-order valence-corrected chi connectivity index (χ2v) is 7.97. The zero-order valence-electron chi connectivity index (χ0n) is 15.9. The summed E-state index contributed by atoms with van der Waals surface area (Å²) in [7, 11) is 0. The molecule has 0 spiro atoms. The number of aromatic nitrogens is 4. The van der Waals surface area contributed by atoms with Crippen molar-refractivity contribution in [3.63, 3.8) is 0 Å². The molecule has 1 aliphatic heterocycles. The monoisotopic (exact) mass is 405 g/mol. The number of thiazole rings is 1. The van der Waals surface area contributed by atoms with Crippen LogP contribution >= 0.6 is 11.3 Å². The Balaban J connectivity index is 1.44. The molecule has 4 aromatic rings. The van der Waals surface area contributed by atoms with Gasteiger partial charge in [-0.25, -0.2) is 9.97 Å². The summed E-state index contributed by atoms with van der Waals surface area (Å²) >= 11 is 1.49. The highest BCUT2D eigenvalue weighted by molar-refractivity contribution is 7.09. The van der Waals surface area contributed by atoms with Crippen LogP contribution in [0.15, 0.2) is 54.3 Å². The molecular formula is C21H19N5O2S. The molecule has 29 heavy (non-hydrogen) atoms. The van der Waals surface area contributed by atoms with Crippen molar-refractivity contribution in [3.8, 4) is 11.3 Å². The number of imidazole rings is 1. The summed E-state index contributed by atoms with van der Waals surface area (Å²) in [5.41, 5.74) is 4.26. The molecule has 8 heteroatoms. The van der Waals surface area contributed by atoms with Crippen molar-refractivity contribution < 1.29 is 9.53 Å². The largest absolute Gasteiger partial charge is 0.368 e. The third-order valence-electron chi connectivity index (χ3n) is 5.01. The predicted molar refractivity (Wildman–Crippen MR) is 110 cm³/mol. The normalized spacial score (nSPS) is 17.0. The smallest absolute Gasteiger partial charge is 0.273 e. The highest BCUT2D eigenvalue weighted by atomic mass is 32.1. The molecule has 0 radical (unpaired) electrons. The number of rotatable bonds is 3. The summed E-state index contributed by atoms with van der Waals surface area (Å²) < 4.78 is 8.02. The van der Waals surface area contributed by atoms with E-state index in [0.717, 1.165) is 27.6 Å². The van der Waals surface area contributed by atoms with Crippen molar-refractivity contribution >= 4 is 22.9 Å². The van der Waals surface area contributed by atoms with Crippen molar-refractivity contribution in [1.29, 1.82) is 0 Å². The molecule has 0 aromatic carbocycles. The fourth-order valence-corrected chi connectivity index (χ4v) is 4.17. The molecule has 7 nitrogen and oxygen atoms in total. The predicted octanol–water partition coefficient (Wildman–Crippen LogP) is 3.37. The lowest BCUT2D eigenvalue weighted by Gasteiger charge is -2.31. The second kappa shape index (κ2) is 7.38. The minimum atomic E-state index is -0.266. The van der Waals surface area contributed by atoms with Gasteiger partial charge in [-0.15, -0.1) is 11.3 Å². The molecule has 0 bridgehead atoms. The summed E-state index contributed by atoms with van der Waals surface area (Å²) in [6, 6.07) is 9.96. The third kappa shape index (κ3) is 3.41. The van der Waals surface area contributed by atoms with E-state index < -0.39 is 0 Å². The van der Waals surface area contributed by atoms with Gasteiger partial charge in [-0.05, 0) is 31.2 Å². The molecule has 1 aliphatic rings. The van der Waals surface area contributed by atoms with Gasteiger partial charge in [0.2, 0.25) is 0 Å². The molecule has 0 saturated carbocycles. The number of carbonyl (C=O) groups is 1. The Hall–Kier alpha value is -3.10. The summed E-state index contributed by atoms with van der Waals surface area (Å²) in [5.74, 6) is -0.0520. The first kappa shape index (κ1) is 18.0. The van der Waals surface area contributed by atoms with E-state index in [1.54, 1.807) is 17.3 Å². The van der Waals surface area contributed by atoms with Crippen molar-refractivity contribution in [2.75, 3.05) is 19.7 Å². The van der Waals surface area contributed by atoms with E-state index in [-0.39, 0.29) is 12.0 Å². The zero-order chi connectivity index (χ0) is 19.8. The Kier molecular flexibility index (Phi) is 4.57. The molecule has 1 fully saturated rings. The van der Waals surface area contributed by atoms with Gasteiger partial charge in [-0.1, -0.05) is 6.07 Å². The van der Waals surface area contributed by atoms with E-state index in [4.69, 9.17) is 9.72 Å². The number of aryl methyl sites for hydroxylation is 1. The number of amides is 1. The van der Waals surface area contributed by atoms with E-state index in [1.807, 2.05) is 42.8 Å². The molecule has 5 rings (SSSR count). The van der Waals surface area contributed by atoms with E-state index in [0.29, 0.717) is 25.4 Å². The summed E-state index contributed by atoms with van der Waals surface area (Å²) in [5, 5.41) is 2.70. The molecule has 0 aliphatic carbocycles.